The lowest BCUT2D eigenvalue weighted by atomic mass is 10.1. The van der Waals surface area contributed by atoms with Gasteiger partial charge in [0.25, 0.3) is 0 Å². The molecule has 0 bridgehead atoms. The summed E-state index contributed by atoms with van der Waals surface area (Å²) in [6.45, 7) is 5.48. The number of aryl methyl sites for hydroxylation is 1. The van der Waals surface area contributed by atoms with E-state index in [0.29, 0.717) is 5.89 Å². The molecule has 0 saturated carbocycles. The van der Waals surface area contributed by atoms with Crippen molar-refractivity contribution >= 4 is 11.1 Å². The fourth-order valence-corrected chi connectivity index (χ4v) is 1.40. The van der Waals surface area contributed by atoms with Crippen molar-refractivity contribution < 1.29 is 4.42 Å². The Hall–Kier alpha value is -1.61. The number of rotatable bonds is 2. The third-order valence-electron chi connectivity index (χ3n) is 2.16. The fourth-order valence-electron chi connectivity index (χ4n) is 1.40. The molecule has 0 aliphatic heterocycles. The van der Waals surface area contributed by atoms with E-state index in [1.807, 2.05) is 25.1 Å². The zero-order valence-electron chi connectivity index (χ0n) is 8.03. The summed E-state index contributed by atoms with van der Waals surface area (Å²) in [5, 5.41) is 0. The summed E-state index contributed by atoms with van der Waals surface area (Å²) < 4.78 is 5.40. The first-order valence-corrected chi connectivity index (χ1v) is 4.46. The molecule has 3 nitrogen and oxygen atoms in total. The predicted octanol–water partition coefficient (Wildman–Crippen LogP) is 2.32. The highest BCUT2D eigenvalue weighted by Crippen LogP contribution is 2.20. The van der Waals surface area contributed by atoms with Gasteiger partial charge in [-0.25, -0.2) is 4.98 Å². The summed E-state index contributed by atoms with van der Waals surface area (Å²) in [7, 11) is 0. The first kappa shape index (κ1) is 8.97. The first-order valence-electron chi connectivity index (χ1n) is 4.46. The predicted molar refractivity (Wildman–Crippen MR) is 55.9 cm³/mol. The van der Waals surface area contributed by atoms with Crippen molar-refractivity contribution in [3.8, 4) is 0 Å². The molecule has 0 saturated heterocycles. The van der Waals surface area contributed by atoms with Crippen LogP contribution < -0.4 is 5.73 Å². The van der Waals surface area contributed by atoms with Gasteiger partial charge in [-0.15, -0.1) is 6.58 Å². The summed E-state index contributed by atoms with van der Waals surface area (Å²) in [6.07, 6.45) is 1.70. The van der Waals surface area contributed by atoms with Crippen molar-refractivity contribution in [2.24, 2.45) is 5.73 Å². The minimum Gasteiger partial charge on any atom is -0.441 e. The third-order valence-corrected chi connectivity index (χ3v) is 2.16. The van der Waals surface area contributed by atoms with Crippen molar-refractivity contribution in [1.29, 1.82) is 0 Å². The standard InChI is InChI=1S/C11H12N2O/c1-3-9(12)8-4-5-10-11(6-8)14-7(2)13-10/h3-6,9H,1,12H2,2H3. The maximum atomic E-state index is 5.81. The van der Waals surface area contributed by atoms with E-state index in [9.17, 15) is 0 Å². The molecule has 1 aromatic carbocycles. The molecule has 2 aromatic rings. The summed E-state index contributed by atoms with van der Waals surface area (Å²) in [6, 6.07) is 5.60. The SMILES string of the molecule is C=CC(N)c1ccc2nc(C)oc2c1. The lowest BCUT2D eigenvalue weighted by Gasteiger charge is -2.04. The van der Waals surface area contributed by atoms with Crippen molar-refractivity contribution in [2.45, 2.75) is 13.0 Å². The number of fused-ring (bicyclic) bond motifs is 1. The smallest absolute Gasteiger partial charge is 0.192 e. The quantitative estimate of drug-likeness (QED) is 0.736. The molecular weight excluding hydrogens is 176 g/mol. The van der Waals surface area contributed by atoms with Gasteiger partial charge in [0.1, 0.15) is 5.52 Å². The average Bonchev–Trinajstić information content (AvgIpc) is 2.55. The zero-order valence-corrected chi connectivity index (χ0v) is 8.03. The second-order valence-corrected chi connectivity index (χ2v) is 3.22. The van der Waals surface area contributed by atoms with Crippen LogP contribution >= 0.6 is 0 Å². The fraction of sp³-hybridized carbons (Fsp3) is 0.182. The van der Waals surface area contributed by atoms with E-state index in [4.69, 9.17) is 10.2 Å². The van der Waals surface area contributed by atoms with Gasteiger partial charge in [-0.2, -0.15) is 0 Å². The van der Waals surface area contributed by atoms with Crippen molar-refractivity contribution in [2.75, 3.05) is 0 Å². The first-order chi connectivity index (χ1) is 6.70. The van der Waals surface area contributed by atoms with Gasteiger partial charge in [0.15, 0.2) is 11.5 Å². The molecule has 1 aromatic heterocycles. The van der Waals surface area contributed by atoms with Gasteiger partial charge in [0.2, 0.25) is 0 Å². The topological polar surface area (TPSA) is 52.0 Å². The molecule has 2 N–H and O–H groups in total. The Morgan fingerprint density at radius 3 is 3.07 bits per heavy atom. The van der Waals surface area contributed by atoms with Crippen molar-refractivity contribution in [3.05, 3.63) is 42.3 Å². The molecule has 0 radical (unpaired) electrons. The van der Waals surface area contributed by atoms with E-state index in [-0.39, 0.29) is 6.04 Å². The monoisotopic (exact) mass is 188 g/mol. The average molecular weight is 188 g/mol. The van der Waals surface area contributed by atoms with Crippen LogP contribution in [0.15, 0.2) is 35.3 Å². The van der Waals surface area contributed by atoms with Crippen LogP contribution in [0.3, 0.4) is 0 Å². The van der Waals surface area contributed by atoms with Gasteiger partial charge in [-0.3, -0.25) is 0 Å². The molecule has 0 amide bonds. The number of benzene rings is 1. The van der Waals surface area contributed by atoms with Gasteiger partial charge in [0, 0.05) is 13.0 Å². The minimum absolute atomic E-state index is 0.148. The zero-order chi connectivity index (χ0) is 10.1. The molecule has 3 heteroatoms. The van der Waals surface area contributed by atoms with Gasteiger partial charge in [-0.1, -0.05) is 12.1 Å². The Morgan fingerprint density at radius 1 is 1.57 bits per heavy atom. The van der Waals surface area contributed by atoms with E-state index in [1.54, 1.807) is 6.08 Å². The molecule has 0 aliphatic rings. The number of nitrogens with zero attached hydrogens (tertiary/aromatic N) is 1. The Bertz CT molecular complexity index is 473. The Balaban J connectivity index is 2.55. The van der Waals surface area contributed by atoms with Crippen molar-refractivity contribution in [3.63, 3.8) is 0 Å². The van der Waals surface area contributed by atoms with E-state index < -0.39 is 0 Å². The lowest BCUT2D eigenvalue weighted by molar-refractivity contribution is 0.560. The molecule has 1 atom stereocenters. The summed E-state index contributed by atoms with van der Waals surface area (Å²) in [4.78, 5) is 4.21. The molecule has 14 heavy (non-hydrogen) atoms. The molecule has 0 aliphatic carbocycles. The Labute approximate surface area is 82.2 Å². The Morgan fingerprint density at radius 2 is 2.36 bits per heavy atom. The summed E-state index contributed by atoms with van der Waals surface area (Å²) >= 11 is 0. The molecule has 1 unspecified atom stereocenters. The normalized spacial score (nSPS) is 13.0. The number of hydrogen-bond acceptors (Lipinski definition) is 3. The highest BCUT2D eigenvalue weighted by molar-refractivity contribution is 5.73. The lowest BCUT2D eigenvalue weighted by Crippen LogP contribution is -2.05. The molecule has 0 fully saturated rings. The third kappa shape index (κ3) is 1.42. The van der Waals surface area contributed by atoms with Gasteiger partial charge < -0.3 is 10.2 Å². The number of nitrogens with two attached hydrogens (primary N) is 1. The van der Waals surface area contributed by atoms with Crippen LogP contribution in [0.25, 0.3) is 11.1 Å². The van der Waals surface area contributed by atoms with Gasteiger partial charge in [0.05, 0.1) is 0 Å². The van der Waals surface area contributed by atoms with E-state index in [0.717, 1.165) is 16.7 Å². The van der Waals surface area contributed by atoms with E-state index in [1.165, 1.54) is 0 Å². The number of aromatic nitrogens is 1. The summed E-state index contributed by atoms with van der Waals surface area (Å²) in [5.41, 5.74) is 8.44. The summed E-state index contributed by atoms with van der Waals surface area (Å²) in [5.74, 6) is 0.671. The largest absolute Gasteiger partial charge is 0.441 e. The van der Waals surface area contributed by atoms with Crippen LogP contribution in [-0.4, -0.2) is 4.98 Å². The number of oxazole rings is 1. The minimum atomic E-state index is -0.148. The van der Waals surface area contributed by atoms with E-state index >= 15 is 0 Å². The maximum absolute atomic E-state index is 5.81. The molecule has 0 spiro atoms. The molecule has 1 heterocycles. The van der Waals surface area contributed by atoms with E-state index in [2.05, 4.69) is 11.6 Å². The van der Waals surface area contributed by atoms with Crippen molar-refractivity contribution in [1.82, 2.24) is 4.98 Å². The van der Waals surface area contributed by atoms with Crippen LogP contribution in [0.2, 0.25) is 0 Å². The maximum Gasteiger partial charge on any atom is 0.192 e. The van der Waals surface area contributed by atoms with Crippen LogP contribution in [-0.2, 0) is 0 Å². The van der Waals surface area contributed by atoms with Gasteiger partial charge >= 0.3 is 0 Å². The van der Waals surface area contributed by atoms with Crippen LogP contribution in [0, 0.1) is 6.92 Å². The van der Waals surface area contributed by atoms with Crippen LogP contribution in [0.5, 0.6) is 0 Å². The van der Waals surface area contributed by atoms with Gasteiger partial charge in [-0.05, 0) is 17.7 Å². The van der Waals surface area contributed by atoms with Crippen LogP contribution in [0.1, 0.15) is 17.5 Å². The second-order valence-electron chi connectivity index (χ2n) is 3.22. The Kier molecular flexibility index (Phi) is 2.09. The highest BCUT2D eigenvalue weighted by Gasteiger charge is 2.06. The molecule has 72 valence electrons. The highest BCUT2D eigenvalue weighted by atomic mass is 16.3. The number of hydrogen-bond donors (Lipinski definition) is 1. The molecule has 2 rings (SSSR count). The van der Waals surface area contributed by atoms with Crippen LogP contribution in [0.4, 0.5) is 0 Å². The second kappa shape index (κ2) is 3.27. The molecular formula is C11H12N2O.